The van der Waals surface area contributed by atoms with Crippen LogP contribution in [0.1, 0.15) is 10.4 Å². The third-order valence-electron chi connectivity index (χ3n) is 4.24. The zero-order chi connectivity index (χ0) is 21.3. The van der Waals surface area contributed by atoms with Crippen molar-refractivity contribution >= 4 is 50.2 Å². The number of rotatable bonds is 5. The Morgan fingerprint density at radius 2 is 1.55 bits per heavy atom. The van der Waals surface area contributed by atoms with Crippen LogP contribution in [0, 0.1) is 20.2 Å². The topological polar surface area (TPSA) is 144 Å². The first-order valence-electron chi connectivity index (χ1n) is 8.08. The Morgan fingerprint density at radius 1 is 1.00 bits per heavy atom. The largest absolute Gasteiger partial charge is 0.336 e. The number of nitrogens with zero attached hydrogens (tertiary/aromatic N) is 4. The zero-order valence-corrected chi connectivity index (χ0v) is 16.9. The maximum Gasteiger partial charge on any atom is 0.277 e. The molecule has 0 radical (unpaired) electrons. The molecule has 1 aromatic carbocycles. The molecule has 1 aliphatic heterocycles. The molecule has 3 rings (SSSR count). The smallest absolute Gasteiger partial charge is 0.277 e. The minimum absolute atomic E-state index is 0.0145. The maximum atomic E-state index is 12.7. The van der Waals surface area contributed by atoms with Gasteiger partial charge in [-0.1, -0.05) is 11.6 Å². The second-order valence-corrected chi connectivity index (χ2v) is 9.89. The number of amides is 1. The standard InChI is InChI=1S/C15H13ClN4O7S2/c16-13-1-2-14(28-13)29(26,27)18-5-3-17(4-6-18)15(21)10-7-11(19(22)23)9-12(8-10)20(24)25/h1-2,7-9H,3-6H2. The number of non-ortho nitro benzene ring substituents is 2. The van der Waals surface area contributed by atoms with Crippen LogP contribution in [0.5, 0.6) is 0 Å². The molecule has 1 aliphatic rings. The third-order valence-corrected chi connectivity index (χ3v) is 7.84. The minimum atomic E-state index is -3.74. The van der Waals surface area contributed by atoms with Crippen LogP contribution in [0.4, 0.5) is 11.4 Å². The zero-order valence-electron chi connectivity index (χ0n) is 14.6. The van der Waals surface area contributed by atoms with Gasteiger partial charge in [-0.25, -0.2) is 8.42 Å². The Hall–Kier alpha value is -2.61. The van der Waals surface area contributed by atoms with Gasteiger partial charge in [-0.2, -0.15) is 4.31 Å². The highest BCUT2D eigenvalue weighted by Gasteiger charge is 2.32. The van der Waals surface area contributed by atoms with Crippen LogP contribution >= 0.6 is 22.9 Å². The molecule has 14 heteroatoms. The molecule has 2 heterocycles. The van der Waals surface area contributed by atoms with Crippen LogP contribution in [0.3, 0.4) is 0 Å². The molecule has 154 valence electrons. The highest BCUT2D eigenvalue weighted by molar-refractivity contribution is 7.91. The second-order valence-electron chi connectivity index (χ2n) is 6.01. The highest BCUT2D eigenvalue weighted by atomic mass is 35.5. The monoisotopic (exact) mass is 460 g/mol. The van der Waals surface area contributed by atoms with Gasteiger partial charge in [-0.05, 0) is 12.1 Å². The Balaban J connectivity index is 1.77. The summed E-state index contributed by atoms with van der Waals surface area (Å²) in [4.78, 5) is 34.3. The fourth-order valence-electron chi connectivity index (χ4n) is 2.81. The summed E-state index contributed by atoms with van der Waals surface area (Å²) in [5.41, 5.74) is -1.34. The molecule has 1 saturated heterocycles. The molecule has 11 nitrogen and oxygen atoms in total. The van der Waals surface area contributed by atoms with Gasteiger partial charge in [0.05, 0.1) is 25.8 Å². The summed E-state index contributed by atoms with van der Waals surface area (Å²) in [6.07, 6.45) is 0. The molecule has 0 bridgehead atoms. The number of hydrogen-bond donors (Lipinski definition) is 0. The van der Waals surface area contributed by atoms with Gasteiger partial charge < -0.3 is 4.90 Å². The van der Waals surface area contributed by atoms with Gasteiger partial charge in [0, 0.05) is 38.3 Å². The van der Waals surface area contributed by atoms with Crippen LogP contribution in [0.25, 0.3) is 0 Å². The van der Waals surface area contributed by atoms with Gasteiger partial charge in [-0.3, -0.25) is 25.0 Å². The van der Waals surface area contributed by atoms with Crippen molar-refractivity contribution < 1.29 is 23.1 Å². The van der Waals surface area contributed by atoms with Gasteiger partial charge >= 0.3 is 0 Å². The molecule has 0 spiro atoms. The summed E-state index contributed by atoms with van der Waals surface area (Å²) < 4.78 is 26.9. The molecule has 0 aliphatic carbocycles. The SMILES string of the molecule is O=C(c1cc([N+](=O)[O-])cc([N+](=O)[O-])c1)N1CCN(S(=O)(=O)c2ccc(Cl)s2)CC1. The summed E-state index contributed by atoms with van der Waals surface area (Å²) in [7, 11) is -3.74. The number of carbonyl (C=O) groups excluding carboxylic acids is 1. The quantitative estimate of drug-likeness (QED) is 0.491. The Labute approximate surface area is 173 Å². The minimum Gasteiger partial charge on any atom is -0.336 e. The van der Waals surface area contributed by atoms with Crippen molar-refractivity contribution in [3.05, 3.63) is 60.5 Å². The Morgan fingerprint density at radius 3 is 2.00 bits per heavy atom. The predicted molar refractivity (Wildman–Crippen MR) is 104 cm³/mol. The first-order chi connectivity index (χ1) is 13.6. The maximum absolute atomic E-state index is 12.7. The van der Waals surface area contributed by atoms with E-state index in [0.717, 1.165) is 29.5 Å². The number of halogens is 1. The first-order valence-corrected chi connectivity index (χ1v) is 10.7. The van der Waals surface area contributed by atoms with E-state index in [1.807, 2.05) is 0 Å². The van der Waals surface area contributed by atoms with Crippen molar-refractivity contribution in [2.24, 2.45) is 0 Å². The van der Waals surface area contributed by atoms with Crippen molar-refractivity contribution in [2.75, 3.05) is 26.2 Å². The van der Waals surface area contributed by atoms with Crippen molar-refractivity contribution in [3.8, 4) is 0 Å². The molecule has 1 amide bonds. The average Bonchev–Trinajstić information content (AvgIpc) is 3.14. The number of carbonyl (C=O) groups is 1. The number of nitro groups is 2. The fraction of sp³-hybridized carbons (Fsp3) is 0.267. The Bertz CT molecular complexity index is 1060. The Kier molecular flexibility index (Phi) is 5.84. The van der Waals surface area contributed by atoms with E-state index in [1.165, 1.54) is 21.3 Å². The number of thiophene rings is 1. The average molecular weight is 461 g/mol. The van der Waals surface area contributed by atoms with E-state index < -0.39 is 37.2 Å². The van der Waals surface area contributed by atoms with Gasteiger partial charge in [0.2, 0.25) is 0 Å². The fourth-order valence-corrected chi connectivity index (χ4v) is 5.87. The third kappa shape index (κ3) is 4.37. The summed E-state index contributed by atoms with van der Waals surface area (Å²) in [6, 6.07) is 5.59. The van der Waals surface area contributed by atoms with Gasteiger partial charge in [-0.15, -0.1) is 11.3 Å². The van der Waals surface area contributed by atoms with Crippen LogP contribution in [0.2, 0.25) is 4.34 Å². The summed E-state index contributed by atoms with van der Waals surface area (Å²) >= 11 is 6.72. The summed E-state index contributed by atoms with van der Waals surface area (Å²) in [6.45, 7) is 0.0997. The lowest BCUT2D eigenvalue weighted by Gasteiger charge is -2.33. The number of piperazine rings is 1. The summed E-state index contributed by atoms with van der Waals surface area (Å²) in [5.74, 6) is -0.645. The lowest BCUT2D eigenvalue weighted by molar-refractivity contribution is -0.394. The molecule has 0 saturated carbocycles. The van der Waals surface area contributed by atoms with E-state index in [0.29, 0.717) is 4.34 Å². The van der Waals surface area contributed by atoms with Crippen molar-refractivity contribution in [1.82, 2.24) is 9.21 Å². The lowest BCUT2D eigenvalue weighted by Crippen LogP contribution is -2.50. The van der Waals surface area contributed by atoms with E-state index in [9.17, 15) is 33.4 Å². The molecule has 0 atom stereocenters. The molecule has 2 aromatic rings. The van der Waals surface area contributed by atoms with Crippen LogP contribution in [-0.4, -0.2) is 59.6 Å². The van der Waals surface area contributed by atoms with Crippen LogP contribution in [-0.2, 0) is 10.0 Å². The van der Waals surface area contributed by atoms with E-state index in [4.69, 9.17) is 11.6 Å². The van der Waals surface area contributed by atoms with E-state index in [-0.39, 0.29) is 36.0 Å². The predicted octanol–water partition coefficient (Wildman–Crippen LogP) is 2.36. The molecule has 0 unspecified atom stereocenters. The van der Waals surface area contributed by atoms with Crippen molar-refractivity contribution in [3.63, 3.8) is 0 Å². The van der Waals surface area contributed by atoms with Crippen LogP contribution in [0.15, 0.2) is 34.5 Å². The molecular formula is C15H13ClN4O7S2. The van der Waals surface area contributed by atoms with Gasteiger partial charge in [0.15, 0.2) is 0 Å². The number of hydrogen-bond acceptors (Lipinski definition) is 8. The number of sulfonamides is 1. The van der Waals surface area contributed by atoms with E-state index >= 15 is 0 Å². The normalized spacial score (nSPS) is 15.3. The van der Waals surface area contributed by atoms with Crippen molar-refractivity contribution in [2.45, 2.75) is 4.21 Å². The van der Waals surface area contributed by atoms with Gasteiger partial charge in [0.1, 0.15) is 4.21 Å². The first kappa shape index (κ1) is 21.1. The van der Waals surface area contributed by atoms with E-state index in [2.05, 4.69) is 0 Å². The number of benzene rings is 1. The number of nitro benzene ring substituents is 2. The molecule has 1 fully saturated rings. The molecule has 29 heavy (non-hydrogen) atoms. The lowest BCUT2D eigenvalue weighted by atomic mass is 10.1. The summed E-state index contributed by atoms with van der Waals surface area (Å²) in [5, 5.41) is 22.0. The molecule has 1 aromatic heterocycles. The van der Waals surface area contributed by atoms with Gasteiger partial charge in [0.25, 0.3) is 27.3 Å². The van der Waals surface area contributed by atoms with Crippen molar-refractivity contribution in [1.29, 1.82) is 0 Å². The second kappa shape index (κ2) is 8.02. The van der Waals surface area contributed by atoms with Crippen LogP contribution < -0.4 is 0 Å². The van der Waals surface area contributed by atoms with E-state index in [1.54, 1.807) is 0 Å². The molecular weight excluding hydrogens is 448 g/mol. The molecule has 0 N–H and O–H groups in total. The highest BCUT2D eigenvalue weighted by Crippen LogP contribution is 2.29.